The summed E-state index contributed by atoms with van der Waals surface area (Å²) in [6, 6.07) is 5.30. The molecule has 92 valence electrons. The maximum absolute atomic E-state index is 11.9. The van der Waals surface area contributed by atoms with Crippen LogP contribution in [0.4, 0.5) is 10.5 Å². The molecule has 17 heavy (non-hydrogen) atoms. The van der Waals surface area contributed by atoms with E-state index in [9.17, 15) is 4.79 Å². The summed E-state index contributed by atoms with van der Waals surface area (Å²) in [4.78, 5) is 13.7. The Morgan fingerprint density at radius 2 is 2.12 bits per heavy atom. The van der Waals surface area contributed by atoms with Gasteiger partial charge in [0.15, 0.2) is 0 Å². The van der Waals surface area contributed by atoms with Crippen molar-refractivity contribution in [2.75, 3.05) is 31.6 Å². The largest absolute Gasteiger partial charge is 0.378 e. The molecule has 1 aromatic rings. The van der Waals surface area contributed by atoms with Crippen molar-refractivity contribution in [3.63, 3.8) is 0 Å². The molecule has 1 aromatic carbocycles. The van der Waals surface area contributed by atoms with Gasteiger partial charge in [0.25, 0.3) is 0 Å². The molecule has 0 atom stereocenters. The molecule has 0 bridgehead atoms. The summed E-state index contributed by atoms with van der Waals surface area (Å²) in [6.07, 6.45) is 0. The Bertz CT molecular complexity index is 422. The molecule has 1 heterocycles. The van der Waals surface area contributed by atoms with Crippen LogP contribution in [0.15, 0.2) is 18.2 Å². The Kier molecular flexibility index (Phi) is 4.47. The highest BCUT2D eigenvalue weighted by Crippen LogP contribution is 2.22. The summed E-state index contributed by atoms with van der Waals surface area (Å²) in [5.74, 6) is 0. The lowest BCUT2D eigenvalue weighted by Crippen LogP contribution is -2.43. The van der Waals surface area contributed by atoms with Gasteiger partial charge in [-0.15, -0.1) is 0 Å². The predicted molar refractivity (Wildman–Crippen MR) is 75.6 cm³/mol. The highest BCUT2D eigenvalue weighted by Gasteiger charge is 2.17. The van der Waals surface area contributed by atoms with Gasteiger partial charge in [-0.3, -0.25) is 0 Å². The van der Waals surface area contributed by atoms with Gasteiger partial charge in [0.05, 0.1) is 18.9 Å². The summed E-state index contributed by atoms with van der Waals surface area (Å²) < 4.78 is 6.13. The molecule has 0 spiro atoms. The van der Waals surface area contributed by atoms with E-state index in [2.05, 4.69) is 27.9 Å². The summed E-state index contributed by atoms with van der Waals surface area (Å²) in [6.45, 7) is 2.47. The number of hydrogen-bond donors (Lipinski definition) is 1. The normalized spacial score (nSPS) is 15.8. The zero-order chi connectivity index (χ0) is 12.3. The lowest BCUT2D eigenvalue weighted by molar-refractivity contribution is 0.0564. The topological polar surface area (TPSA) is 41.6 Å². The first-order chi connectivity index (χ1) is 8.16. The number of ether oxygens (including phenoxy) is 1. The van der Waals surface area contributed by atoms with Crippen LogP contribution in [0.1, 0.15) is 0 Å². The van der Waals surface area contributed by atoms with Gasteiger partial charge in [-0.05, 0) is 40.8 Å². The molecular formula is C11H12ClIN2O2. The minimum absolute atomic E-state index is 0.0893. The van der Waals surface area contributed by atoms with Crippen molar-refractivity contribution < 1.29 is 9.53 Å². The summed E-state index contributed by atoms with van der Waals surface area (Å²) in [5.41, 5.74) is 0.784. The number of carbonyl (C=O) groups excluding carboxylic acids is 1. The highest BCUT2D eigenvalue weighted by molar-refractivity contribution is 14.1. The molecule has 1 fully saturated rings. The molecular weight excluding hydrogens is 354 g/mol. The summed E-state index contributed by atoms with van der Waals surface area (Å²) in [7, 11) is 0. The number of carbonyl (C=O) groups is 1. The van der Waals surface area contributed by atoms with E-state index in [0.29, 0.717) is 31.3 Å². The lowest BCUT2D eigenvalue weighted by atomic mass is 10.3. The first-order valence-corrected chi connectivity index (χ1v) is 6.71. The van der Waals surface area contributed by atoms with Gasteiger partial charge in [-0.25, -0.2) is 4.79 Å². The van der Waals surface area contributed by atoms with Crippen LogP contribution in [0, 0.1) is 3.57 Å². The number of urea groups is 1. The van der Waals surface area contributed by atoms with E-state index in [-0.39, 0.29) is 6.03 Å². The fraction of sp³-hybridized carbons (Fsp3) is 0.364. The first-order valence-electron chi connectivity index (χ1n) is 5.25. The van der Waals surface area contributed by atoms with Crippen molar-refractivity contribution in [3.8, 4) is 0 Å². The SMILES string of the molecule is O=C(Nc1ccc(Cl)cc1I)N1CCOCC1. The van der Waals surface area contributed by atoms with Crippen molar-refractivity contribution >= 4 is 45.9 Å². The van der Waals surface area contributed by atoms with Crippen molar-refractivity contribution in [3.05, 3.63) is 26.8 Å². The molecule has 4 nitrogen and oxygen atoms in total. The van der Waals surface area contributed by atoms with Gasteiger partial charge in [0.2, 0.25) is 0 Å². The number of benzene rings is 1. The van der Waals surface area contributed by atoms with Gasteiger partial charge >= 0.3 is 6.03 Å². The number of nitrogens with one attached hydrogen (secondary N) is 1. The fourth-order valence-corrected chi connectivity index (χ4v) is 2.56. The second kappa shape index (κ2) is 5.88. The summed E-state index contributed by atoms with van der Waals surface area (Å²) in [5, 5.41) is 3.54. The van der Waals surface area contributed by atoms with Crippen LogP contribution in [0.2, 0.25) is 5.02 Å². The average molecular weight is 367 g/mol. The van der Waals surface area contributed by atoms with E-state index in [1.807, 2.05) is 12.1 Å². The summed E-state index contributed by atoms with van der Waals surface area (Å²) >= 11 is 8.01. The van der Waals surface area contributed by atoms with E-state index in [1.165, 1.54) is 0 Å². The second-order valence-corrected chi connectivity index (χ2v) is 5.25. The van der Waals surface area contributed by atoms with E-state index in [1.54, 1.807) is 11.0 Å². The number of halogens is 2. The van der Waals surface area contributed by atoms with Gasteiger partial charge in [0, 0.05) is 21.7 Å². The van der Waals surface area contributed by atoms with Crippen LogP contribution in [0.25, 0.3) is 0 Å². The quantitative estimate of drug-likeness (QED) is 0.777. The first kappa shape index (κ1) is 12.9. The number of rotatable bonds is 1. The highest BCUT2D eigenvalue weighted by atomic mass is 127. The zero-order valence-electron chi connectivity index (χ0n) is 9.08. The molecule has 1 N–H and O–H groups in total. The Balaban J connectivity index is 2.02. The van der Waals surface area contributed by atoms with Crippen molar-refractivity contribution in [2.24, 2.45) is 0 Å². The fourth-order valence-electron chi connectivity index (χ4n) is 1.55. The Morgan fingerprint density at radius 1 is 1.41 bits per heavy atom. The van der Waals surface area contributed by atoms with Gasteiger partial charge < -0.3 is 15.0 Å². The van der Waals surface area contributed by atoms with Gasteiger partial charge in [0.1, 0.15) is 0 Å². The Morgan fingerprint density at radius 3 is 2.76 bits per heavy atom. The van der Waals surface area contributed by atoms with Crippen LogP contribution in [-0.4, -0.2) is 37.2 Å². The van der Waals surface area contributed by atoms with Gasteiger partial charge in [-0.2, -0.15) is 0 Å². The molecule has 2 rings (SSSR count). The van der Waals surface area contributed by atoms with Crippen LogP contribution in [-0.2, 0) is 4.74 Å². The molecule has 1 aliphatic heterocycles. The van der Waals surface area contributed by atoms with Crippen LogP contribution in [0.3, 0.4) is 0 Å². The molecule has 0 saturated carbocycles. The van der Waals surface area contributed by atoms with Crippen molar-refractivity contribution in [1.29, 1.82) is 0 Å². The number of hydrogen-bond acceptors (Lipinski definition) is 2. The predicted octanol–water partition coefficient (Wildman–Crippen LogP) is 2.81. The maximum Gasteiger partial charge on any atom is 0.322 e. The molecule has 0 unspecified atom stereocenters. The molecule has 6 heteroatoms. The lowest BCUT2D eigenvalue weighted by Gasteiger charge is -2.27. The van der Waals surface area contributed by atoms with Crippen LogP contribution in [0.5, 0.6) is 0 Å². The third-order valence-corrected chi connectivity index (χ3v) is 3.60. The minimum Gasteiger partial charge on any atom is -0.378 e. The molecule has 1 aliphatic rings. The zero-order valence-corrected chi connectivity index (χ0v) is 12.0. The Labute approximate surface area is 118 Å². The van der Waals surface area contributed by atoms with E-state index < -0.39 is 0 Å². The maximum atomic E-state index is 11.9. The van der Waals surface area contributed by atoms with Crippen molar-refractivity contribution in [2.45, 2.75) is 0 Å². The van der Waals surface area contributed by atoms with E-state index in [0.717, 1.165) is 9.26 Å². The Hall–Kier alpha value is -0.530. The van der Waals surface area contributed by atoms with E-state index >= 15 is 0 Å². The van der Waals surface area contributed by atoms with Crippen LogP contribution >= 0.6 is 34.2 Å². The molecule has 1 saturated heterocycles. The van der Waals surface area contributed by atoms with E-state index in [4.69, 9.17) is 16.3 Å². The number of morpholine rings is 1. The number of nitrogens with zero attached hydrogens (tertiary/aromatic N) is 1. The minimum atomic E-state index is -0.0893. The molecule has 2 amide bonds. The second-order valence-electron chi connectivity index (χ2n) is 3.65. The third kappa shape index (κ3) is 3.46. The standard InChI is InChI=1S/C11H12ClIN2O2/c12-8-1-2-10(9(13)7-8)14-11(16)15-3-5-17-6-4-15/h1-2,7H,3-6H2,(H,14,16). The van der Waals surface area contributed by atoms with Crippen molar-refractivity contribution in [1.82, 2.24) is 4.90 Å². The number of amides is 2. The average Bonchev–Trinajstić information content (AvgIpc) is 2.34. The third-order valence-electron chi connectivity index (χ3n) is 2.47. The van der Waals surface area contributed by atoms with Gasteiger partial charge in [-0.1, -0.05) is 11.6 Å². The number of anilines is 1. The van der Waals surface area contributed by atoms with Crippen LogP contribution < -0.4 is 5.32 Å². The monoisotopic (exact) mass is 366 g/mol. The molecule has 0 aliphatic carbocycles. The molecule has 0 radical (unpaired) electrons. The molecule has 0 aromatic heterocycles. The smallest absolute Gasteiger partial charge is 0.322 e.